The summed E-state index contributed by atoms with van der Waals surface area (Å²) in [6.07, 6.45) is 0. The molecule has 1 N–H and O–H groups in total. The van der Waals surface area contributed by atoms with Crippen LogP contribution in [0, 0.1) is 0 Å². The molecule has 2 heterocycles. The highest BCUT2D eigenvalue weighted by Gasteiger charge is 2.07. The van der Waals surface area contributed by atoms with Crippen molar-refractivity contribution in [2.24, 2.45) is 0 Å². The first-order valence-electron chi connectivity index (χ1n) is 5.90. The number of rotatable bonds is 2. The van der Waals surface area contributed by atoms with Crippen molar-refractivity contribution in [2.75, 3.05) is 19.0 Å². The minimum atomic E-state index is -0.0852. The zero-order valence-corrected chi connectivity index (χ0v) is 11.5. The van der Waals surface area contributed by atoms with E-state index in [0.717, 1.165) is 16.1 Å². The van der Waals surface area contributed by atoms with E-state index in [1.54, 1.807) is 6.07 Å². The fourth-order valence-electron chi connectivity index (χ4n) is 1.92. The summed E-state index contributed by atoms with van der Waals surface area (Å²) < 4.78 is 0. The summed E-state index contributed by atoms with van der Waals surface area (Å²) in [6, 6.07) is 9.74. The number of aromatic nitrogens is 2. The van der Waals surface area contributed by atoms with Gasteiger partial charge in [-0.2, -0.15) is 0 Å². The number of benzene rings is 1. The van der Waals surface area contributed by atoms with E-state index in [4.69, 9.17) is 0 Å². The number of H-pyrrole nitrogens is 1. The quantitative estimate of drug-likeness (QED) is 0.779. The third kappa shape index (κ3) is 2.13. The SMILES string of the molecule is CN(C)c1ccc(-c2nc3sccc3c(=O)[nH]2)cc1. The molecule has 0 atom stereocenters. The van der Waals surface area contributed by atoms with Gasteiger partial charge in [-0.3, -0.25) is 4.79 Å². The van der Waals surface area contributed by atoms with E-state index in [2.05, 4.69) is 9.97 Å². The molecule has 0 amide bonds. The van der Waals surface area contributed by atoms with Gasteiger partial charge in [0.15, 0.2) is 0 Å². The van der Waals surface area contributed by atoms with Crippen LogP contribution in [0.15, 0.2) is 40.5 Å². The Morgan fingerprint density at radius 2 is 1.89 bits per heavy atom. The molecule has 19 heavy (non-hydrogen) atoms. The van der Waals surface area contributed by atoms with Gasteiger partial charge in [-0.15, -0.1) is 11.3 Å². The lowest BCUT2D eigenvalue weighted by Crippen LogP contribution is -2.09. The van der Waals surface area contributed by atoms with Crippen LogP contribution in [0.4, 0.5) is 5.69 Å². The Balaban J connectivity index is 2.10. The van der Waals surface area contributed by atoms with Crippen LogP contribution in [0.25, 0.3) is 21.6 Å². The maximum Gasteiger partial charge on any atom is 0.259 e. The monoisotopic (exact) mass is 271 g/mol. The molecule has 0 fully saturated rings. The summed E-state index contributed by atoms with van der Waals surface area (Å²) in [7, 11) is 3.99. The number of nitrogens with zero attached hydrogens (tertiary/aromatic N) is 2. The van der Waals surface area contributed by atoms with E-state index in [9.17, 15) is 4.79 Å². The molecule has 0 aliphatic carbocycles. The van der Waals surface area contributed by atoms with Gasteiger partial charge in [0.25, 0.3) is 5.56 Å². The Bertz CT molecular complexity index is 771. The predicted octanol–water partition coefficient (Wildman–Crippen LogP) is 2.72. The maximum atomic E-state index is 11.9. The number of fused-ring (bicyclic) bond motifs is 1. The molecule has 0 radical (unpaired) electrons. The first-order valence-corrected chi connectivity index (χ1v) is 6.78. The number of hydrogen-bond donors (Lipinski definition) is 1. The lowest BCUT2D eigenvalue weighted by atomic mass is 10.2. The Kier molecular flexibility index (Phi) is 2.83. The molecule has 0 unspecified atom stereocenters. The molecule has 1 aromatic carbocycles. The molecule has 96 valence electrons. The molecular formula is C14H13N3OS. The molecule has 0 bridgehead atoms. The average Bonchev–Trinajstić information content (AvgIpc) is 2.87. The second-order valence-corrected chi connectivity index (χ2v) is 5.39. The smallest absolute Gasteiger partial charge is 0.259 e. The van der Waals surface area contributed by atoms with Crippen molar-refractivity contribution in [3.63, 3.8) is 0 Å². The Labute approximate surface area is 114 Å². The highest BCUT2D eigenvalue weighted by molar-refractivity contribution is 7.16. The van der Waals surface area contributed by atoms with E-state index in [-0.39, 0.29) is 5.56 Å². The average molecular weight is 271 g/mol. The van der Waals surface area contributed by atoms with Crippen molar-refractivity contribution in [1.29, 1.82) is 0 Å². The summed E-state index contributed by atoms with van der Waals surface area (Å²) in [5.74, 6) is 0.616. The fourth-order valence-corrected chi connectivity index (χ4v) is 2.68. The van der Waals surface area contributed by atoms with E-state index in [1.807, 2.05) is 48.6 Å². The van der Waals surface area contributed by atoms with Crippen molar-refractivity contribution in [2.45, 2.75) is 0 Å². The van der Waals surface area contributed by atoms with Crippen LogP contribution in [0.2, 0.25) is 0 Å². The lowest BCUT2D eigenvalue weighted by molar-refractivity contribution is 1.13. The molecule has 5 heteroatoms. The van der Waals surface area contributed by atoms with E-state index in [1.165, 1.54) is 11.3 Å². The van der Waals surface area contributed by atoms with Crippen molar-refractivity contribution < 1.29 is 0 Å². The largest absolute Gasteiger partial charge is 0.378 e. The third-order valence-corrected chi connectivity index (χ3v) is 3.80. The zero-order chi connectivity index (χ0) is 13.4. The number of aromatic amines is 1. The summed E-state index contributed by atoms with van der Waals surface area (Å²) in [5.41, 5.74) is 1.94. The van der Waals surface area contributed by atoms with Crippen LogP contribution in [-0.4, -0.2) is 24.1 Å². The van der Waals surface area contributed by atoms with Crippen molar-refractivity contribution >= 4 is 27.2 Å². The van der Waals surface area contributed by atoms with E-state index < -0.39 is 0 Å². The van der Waals surface area contributed by atoms with Crippen molar-refractivity contribution in [3.8, 4) is 11.4 Å². The zero-order valence-electron chi connectivity index (χ0n) is 10.7. The van der Waals surface area contributed by atoms with Crippen LogP contribution in [0.5, 0.6) is 0 Å². The van der Waals surface area contributed by atoms with Gasteiger partial charge < -0.3 is 9.88 Å². The molecule has 0 aliphatic rings. The molecule has 0 saturated carbocycles. The molecule has 0 saturated heterocycles. The molecular weight excluding hydrogens is 258 g/mol. The van der Waals surface area contributed by atoms with Crippen LogP contribution in [-0.2, 0) is 0 Å². The van der Waals surface area contributed by atoms with Gasteiger partial charge in [0.2, 0.25) is 0 Å². The fraction of sp³-hybridized carbons (Fsp3) is 0.143. The van der Waals surface area contributed by atoms with E-state index in [0.29, 0.717) is 11.2 Å². The molecule has 2 aromatic heterocycles. The second kappa shape index (κ2) is 4.51. The second-order valence-electron chi connectivity index (χ2n) is 4.50. The number of nitrogens with one attached hydrogen (secondary N) is 1. The highest BCUT2D eigenvalue weighted by Crippen LogP contribution is 2.21. The first kappa shape index (κ1) is 11.9. The van der Waals surface area contributed by atoms with Crippen LogP contribution < -0.4 is 10.5 Å². The van der Waals surface area contributed by atoms with Gasteiger partial charge >= 0.3 is 0 Å². The van der Waals surface area contributed by atoms with Gasteiger partial charge in [-0.05, 0) is 35.7 Å². The predicted molar refractivity (Wildman–Crippen MR) is 80.0 cm³/mol. The van der Waals surface area contributed by atoms with Gasteiger partial charge in [-0.25, -0.2) is 4.98 Å². The van der Waals surface area contributed by atoms with Gasteiger partial charge in [0.1, 0.15) is 10.7 Å². The Morgan fingerprint density at radius 1 is 1.16 bits per heavy atom. The Hall–Kier alpha value is -2.14. The van der Waals surface area contributed by atoms with Gasteiger partial charge in [0.05, 0.1) is 5.39 Å². The number of anilines is 1. The lowest BCUT2D eigenvalue weighted by Gasteiger charge is -2.12. The summed E-state index contributed by atoms with van der Waals surface area (Å²) in [4.78, 5) is 22.0. The van der Waals surface area contributed by atoms with Crippen LogP contribution in [0.1, 0.15) is 0 Å². The highest BCUT2D eigenvalue weighted by atomic mass is 32.1. The molecule has 0 aliphatic heterocycles. The minimum absolute atomic E-state index is 0.0852. The molecule has 0 spiro atoms. The number of hydrogen-bond acceptors (Lipinski definition) is 4. The van der Waals surface area contributed by atoms with Gasteiger partial charge in [-0.1, -0.05) is 0 Å². The summed E-state index contributed by atoms with van der Waals surface area (Å²) in [5, 5.41) is 2.53. The van der Waals surface area contributed by atoms with E-state index >= 15 is 0 Å². The molecule has 3 aromatic rings. The van der Waals surface area contributed by atoms with Crippen molar-refractivity contribution in [1.82, 2.24) is 9.97 Å². The van der Waals surface area contributed by atoms with Crippen LogP contribution >= 0.6 is 11.3 Å². The van der Waals surface area contributed by atoms with Gasteiger partial charge in [0, 0.05) is 25.3 Å². The Morgan fingerprint density at radius 3 is 2.58 bits per heavy atom. The standard InChI is InChI=1S/C14H13N3OS/c1-17(2)10-5-3-9(4-6-10)12-15-13(18)11-7-8-19-14(11)16-12/h3-8H,1-2H3,(H,15,16,18). The molecule has 4 nitrogen and oxygen atoms in total. The maximum absolute atomic E-state index is 11.9. The van der Waals surface area contributed by atoms with Crippen molar-refractivity contribution in [3.05, 3.63) is 46.1 Å². The number of thiophene rings is 1. The normalized spacial score (nSPS) is 10.8. The molecule has 3 rings (SSSR count). The van der Waals surface area contributed by atoms with Crippen LogP contribution in [0.3, 0.4) is 0 Å². The summed E-state index contributed by atoms with van der Waals surface area (Å²) >= 11 is 1.48. The topological polar surface area (TPSA) is 49.0 Å². The minimum Gasteiger partial charge on any atom is -0.378 e. The summed E-state index contributed by atoms with van der Waals surface area (Å²) in [6.45, 7) is 0. The first-order chi connectivity index (χ1) is 9.15. The third-order valence-electron chi connectivity index (χ3n) is 2.99.